The van der Waals surface area contributed by atoms with E-state index in [-0.39, 0.29) is 35.6 Å². The molecule has 0 aliphatic rings. The van der Waals surface area contributed by atoms with Crippen LogP contribution in [0.1, 0.15) is 35.7 Å². The van der Waals surface area contributed by atoms with Gasteiger partial charge in [-0.3, -0.25) is 9.79 Å². The van der Waals surface area contributed by atoms with E-state index < -0.39 is 0 Å². The number of hydrogen-bond acceptors (Lipinski definition) is 3. The average molecular weight is 468 g/mol. The monoisotopic (exact) mass is 468 g/mol. The van der Waals surface area contributed by atoms with Crippen molar-refractivity contribution in [2.45, 2.75) is 19.8 Å². The molecule has 7 heteroatoms. The number of guanidine groups is 1. The topological polar surface area (TPSA) is 99.7 Å². The van der Waals surface area contributed by atoms with Gasteiger partial charge in [0.15, 0.2) is 5.96 Å². The van der Waals surface area contributed by atoms with Crippen LogP contribution >= 0.6 is 24.0 Å². The van der Waals surface area contributed by atoms with E-state index >= 15 is 0 Å². The number of nitrogens with one attached hydrogen (secondary N) is 2. The summed E-state index contributed by atoms with van der Waals surface area (Å²) in [7, 11) is 0. The minimum Gasteiger partial charge on any atom is -0.508 e. The van der Waals surface area contributed by atoms with Gasteiger partial charge in [-0.05, 0) is 47.9 Å². The first-order valence-electron chi connectivity index (χ1n) is 8.20. The predicted molar refractivity (Wildman–Crippen MR) is 116 cm³/mol. The summed E-state index contributed by atoms with van der Waals surface area (Å²) in [6, 6.07) is 14.1. The van der Waals surface area contributed by atoms with Crippen LogP contribution < -0.4 is 16.4 Å². The highest BCUT2D eigenvalue weighted by molar-refractivity contribution is 14.0. The van der Waals surface area contributed by atoms with Crippen molar-refractivity contribution >= 4 is 41.5 Å². The van der Waals surface area contributed by atoms with Crippen molar-refractivity contribution in [1.29, 1.82) is 0 Å². The van der Waals surface area contributed by atoms with Crippen LogP contribution in [-0.2, 0) is 0 Å². The first-order chi connectivity index (χ1) is 12.0. The number of benzene rings is 2. The highest BCUT2D eigenvalue weighted by Gasteiger charge is 2.04. The van der Waals surface area contributed by atoms with Gasteiger partial charge in [0.1, 0.15) is 5.75 Å². The number of rotatable bonds is 6. The second-order valence-electron chi connectivity index (χ2n) is 5.97. The molecular formula is C19H25IN4O2. The first kappa shape index (κ1) is 21.8. The Bertz CT molecular complexity index is 745. The molecule has 0 radical (unpaired) electrons. The molecule has 2 rings (SSSR count). The summed E-state index contributed by atoms with van der Waals surface area (Å²) in [6.07, 6.45) is 0. The van der Waals surface area contributed by atoms with E-state index in [1.54, 1.807) is 12.1 Å². The summed E-state index contributed by atoms with van der Waals surface area (Å²) in [5.74, 6) is 0.655. The minimum absolute atomic E-state index is 0. The van der Waals surface area contributed by atoms with Crippen LogP contribution in [-0.4, -0.2) is 30.1 Å². The molecule has 2 aromatic rings. The number of carbonyl (C=O) groups is 1. The number of phenolic OH excluding ortho intramolecular Hbond substituents is 1. The number of amides is 1. The Morgan fingerprint density at radius 2 is 1.88 bits per heavy atom. The Morgan fingerprint density at radius 3 is 2.54 bits per heavy atom. The van der Waals surface area contributed by atoms with Gasteiger partial charge in [0, 0.05) is 17.8 Å². The fraction of sp³-hybridized carbons (Fsp3) is 0.263. The van der Waals surface area contributed by atoms with Crippen LogP contribution in [0.15, 0.2) is 53.5 Å². The lowest BCUT2D eigenvalue weighted by Gasteiger charge is -2.10. The van der Waals surface area contributed by atoms with Crippen LogP contribution in [0.25, 0.3) is 0 Å². The quantitative estimate of drug-likeness (QED) is 0.226. The number of nitrogens with two attached hydrogens (primary N) is 1. The van der Waals surface area contributed by atoms with E-state index in [4.69, 9.17) is 5.73 Å². The third-order valence-corrected chi connectivity index (χ3v) is 3.63. The zero-order chi connectivity index (χ0) is 18.2. The molecule has 5 N–H and O–H groups in total. The number of carbonyl (C=O) groups excluding carboxylic acids is 1. The van der Waals surface area contributed by atoms with Gasteiger partial charge in [-0.25, -0.2) is 0 Å². The molecule has 0 atom stereocenters. The SMILES string of the molecule is CC(C)c1cccc(NC(N)=NCCNC(=O)c2ccc(O)cc2)c1.I. The minimum atomic E-state index is -0.216. The molecule has 0 aliphatic carbocycles. The fourth-order valence-electron chi connectivity index (χ4n) is 2.22. The van der Waals surface area contributed by atoms with Gasteiger partial charge in [0.25, 0.3) is 5.91 Å². The largest absolute Gasteiger partial charge is 0.508 e. The van der Waals surface area contributed by atoms with Crippen LogP contribution in [0.2, 0.25) is 0 Å². The third-order valence-electron chi connectivity index (χ3n) is 3.63. The molecule has 0 heterocycles. The lowest BCUT2D eigenvalue weighted by molar-refractivity contribution is 0.0955. The zero-order valence-corrected chi connectivity index (χ0v) is 17.2. The summed E-state index contributed by atoms with van der Waals surface area (Å²) in [6.45, 7) is 5.00. The van der Waals surface area contributed by atoms with E-state index in [0.717, 1.165) is 5.69 Å². The van der Waals surface area contributed by atoms with Crippen LogP contribution in [0.3, 0.4) is 0 Å². The van der Waals surface area contributed by atoms with Crippen molar-refractivity contribution in [3.63, 3.8) is 0 Å². The van der Waals surface area contributed by atoms with E-state index in [2.05, 4.69) is 35.5 Å². The van der Waals surface area contributed by atoms with Gasteiger partial charge in [0.2, 0.25) is 0 Å². The predicted octanol–water partition coefficient (Wildman–Crippen LogP) is 3.29. The van der Waals surface area contributed by atoms with Crippen molar-refractivity contribution in [1.82, 2.24) is 5.32 Å². The third kappa shape index (κ3) is 6.91. The molecule has 140 valence electrons. The van der Waals surface area contributed by atoms with Gasteiger partial charge in [-0.15, -0.1) is 24.0 Å². The van der Waals surface area contributed by atoms with E-state index in [0.29, 0.717) is 30.5 Å². The van der Waals surface area contributed by atoms with Gasteiger partial charge >= 0.3 is 0 Å². The Kier molecular flexibility index (Phi) is 8.91. The molecule has 0 spiro atoms. The standard InChI is InChI=1S/C19H24N4O2.HI/c1-13(2)15-4-3-5-16(12-15)23-19(20)22-11-10-21-18(25)14-6-8-17(24)9-7-14;/h3-9,12-13,24H,10-11H2,1-2H3,(H,21,25)(H3,20,22,23);1H. The maximum atomic E-state index is 11.9. The van der Waals surface area contributed by atoms with E-state index in [1.165, 1.54) is 17.7 Å². The lowest BCUT2D eigenvalue weighted by atomic mass is 10.0. The summed E-state index contributed by atoms with van der Waals surface area (Å²) in [5, 5.41) is 15.0. The first-order valence-corrected chi connectivity index (χ1v) is 8.20. The number of anilines is 1. The second kappa shape index (κ2) is 10.6. The summed E-state index contributed by atoms with van der Waals surface area (Å²) < 4.78 is 0. The number of aliphatic imine (C=N–C) groups is 1. The van der Waals surface area contributed by atoms with Gasteiger partial charge in [-0.1, -0.05) is 26.0 Å². The van der Waals surface area contributed by atoms with Crippen molar-refractivity contribution in [2.24, 2.45) is 10.7 Å². The number of aromatic hydroxyl groups is 1. The maximum absolute atomic E-state index is 11.9. The normalized spacial score (nSPS) is 11.0. The molecular weight excluding hydrogens is 443 g/mol. The molecule has 0 fully saturated rings. The summed E-state index contributed by atoms with van der Waals surface area (Å²) >= 11 is 0. The molecule has 1 amide bonds. The maximum Gasteiger partial charge on any atom is 0.251 e. The number of nitrogens with zero attached hydrogens (tertiary/aromatic N) is 1. The Balaban J connectivity index is 0.00000338. The van der Waals surface area contributed by atoms with E-state index in [9.17, 15) is 9.90 Å². The molecule has 0 saturated carbocycles. The molecule has 0 unspecified atom stereocenters. The van der Waals surface area contributed by atoms with Gasteiger partial charge < -0.3 is 21.5 Å². The second-order valence-corrected chi connectivity index (χ2v) is 5.97. The molecule has 0 saturated heterocycles. The Morgan fingerprint density at radius 1 is 1.19 bits per heavy atom. The van der Waals surface area contributed by atoms with Crippen molar-refractivity contribution in [2.75, 3.05) is 18.4 Å². The number of hydrogen-bond donors (Lipinski definition) is 4. The van der Waals surface area contributed by atoms with Crippen LogP contribution in [0.4, 0.5) is 5.69 Å². The Labute approximate surface area is 170 Å². The van der Waals surface area contributed by atoms with Crippen molar-refractivity contribution in [3.8, 4) is 5.75 Å². The smallest absolute Gasteiger partial charge is 0.251 e. The van der Waals surface area contributed by atoms with Crippen LogP contribution in [0, 0.1) is 0 Å². The summed E-state index contributed by atoms with van der Waals surface area (Å²) in [4.78, 5) is 16.1. The molecule has 26 heavy (non-hydrogen) atoms. The van der Waals surface area contributed by atoms with Crippen LogP contribution in [0.5, 0.6) is 5.75 Å². The Hall–Kier alpha value is -2.29. The fourth-order valence-corrected chi connectivity index (χ4v) is 2.22. The van der Waals surface area contributed by atoms with Crippen molar-refractivity contribution in [3.05, 3.63) is 59.7 Å². The van der Waals surface area contributed by atoms with Gasteiger partial charge in [0.05, 0.1) is 6.54 Å². The molecule has 6 nitrogen and oxygen atoms in total. The molecule has 2 aromatic carbocycles. The lowest BCUT2D eigenvalue weighted by Crippen LogP contribution is -2.28. The molecule has 0 aliphatic heterocycles. The van der Waals surface area contributed by atoms with E-state index in [1.807, 2.05) is 18.2 Å². The average Bonchev–Trinajstić information content (AvgIpc) is 2.59. The van der Waals surface area contributed by atoms with Gasteiger partial charge in [-0.2, -0.15) is 0 Å². The summed E-state index contributed by atoms with van der Waals surface area (Å²) in [5.41, 5.74) is 8.47. The zero-order valence-electron chi connectivity index (χ0n) is 14.9. The number of halogens is 1. The van der Waals surface area contributed by atoms with Crippen molar-refractivity contribution < 1.29 is 9.90 Å². The highest BCUT2D eigenvalue weighted by Crippen LogP contribution is 2.18. The number of phenols is 1. The molecule has 0 bridgehead atoms. The highest BCUT2D eigenvalue weighted by atomic mass is 127. The molecule has 0 aromatic heterocycles.